The highest BCUT2D eigenvalue weighted by atomic mass is 16.5. The molecule has 0 aliphatic heterocycles. The van der Waals surface area contributed by atoms with Crippen LogP contribution in [0.2, 0.25) is 0 Å². The van der Waals surface area contributed by atoms with E-state index in [1.165, 1.54) is 7.11 Å². The minimum absolute atomic E-state index is 0.0166. The lowest BCUT2D eigenvalue weighted by Crippen LogP contribution is -2.07. The molecule has 84 valence electrons. The van der Waals surface area contributed by atoms with Gasteiger partial charge in [0.15, 0.2) is 5.69 Å². The molecule has 1 rings (SSSR count). The van der Waals surface area contributed by atoms with Gasteiger partial charge in [-0.3, -0.25) is 0 Å². The number of methoxy groups -OCH3 is 1. The maximum atomic E-state index is 11.3. The lowest BCUT2D eigenvalue weighted by atomic mass is 10.2. The SMILES string of the molecule is COC(=O)c1nc(C#CCCO)ccc1C. The van der Waals surface area contributed by atoms with Crippen LogP contribution in [0.5, 0.6) is 0 Å². The van der Waals surface area contributed by atoms with E-state index in [9.17, 15) is 4.79 Å². The third-order valence-electron chi connectivity index (χ3n) is 1.93. The van der Waals surface area contributed by atoms with Gasteiger partial charge in [-0.25, -0.2) is 9.78 Å². The molecule has 0 aromatic carbocycles. The number of aryl methyl sites for hydroxylation is 1. The van der Waals surface area contributed by atoms with Gasteiger partial charge in [0.2, 0.25) is 0 Å². The normalized spacial score (nSPS) is 9.19. The molecule has 0 saturated heterocycles. The van der Waals surface area contributed by atoms with Crippen molar-refractivity contribution in [2.75, 3.05) is 13.7 Å². The monoisotopic (exact) mass is 219 g/mol. The molecule has 0 saturated carbocycles. The van der Waals surface area contributed by atoms with Crippen LogP contribution in [0.3, 0.4) is 0 Å². The molecule has 0 radical (unpaired) electrons. The van der Waals surface area contributed by atoms with Crippen LogP contribution in [0.15, 0.2) is 12.1 Å². The topological polar surface area (TPSA) is 59.4 Å². The average Bonchev–Trinajstić information content (AvgIpc) is 2.30. The summed E-state index contributed by atoms with van der Waals surface area (Å²) in [5, 5.41) is 8.57. The molecular formula is C12H13NO3. The number of pyridine rings is 1. The third kappa shape index (κ3) is 3.07. The Morgan fingerprint density at radius 3 is 2.94 bits per heavy atom. The van der Waals surface area contributed by atoms with Crippen molar-refractivity contribution in [3.05, 3.63) is 29.1 Å². The molecule has 1 heterocycles. The molecule has 0 atom stereocenters. The van der Waals surface area contributed by atoms with Crippen LogP contribution in [0, 0.1) is 18.8 Å². The maximum absolute atomic E-state index is 11.3. The van der Waals surface area contributed by atoms with Crippen LogP contribution < -0.4 is 0 Å². The zero-order chi connectivity index (χ0) is 12.0. The van der Waals surface area contributed by atoms with Crippen molar-refractivity contribution in [1.29, 1.82) is 0 Å². The number of hydrogen-bond donors (Lipinski definition) is 1. The van der Waals surface area contributed by atoms with Crippen LogP contribution >= 0.6 is 0 Å². The van der Waals surface area contributed by atoms with Crippen molar-refractivity contribution in [3.8, 4) is 11.8 Å². The highest BCUT2D eigenvalue weighted by Crippen LogP contribution is 2.07. The average molecular weight is 219 g/mol. The number of hydrogen-bond acceptors (Lipinski definition) is 4. The third-order valence-corrected chi connectivity index (χ3v) is 1.93. The Labute approximate surface area is 94.3 Å². The number of ether oxygens (including phenoxy) is 1. The first-order chi connectivity index (χ1) is 7.69. The summed E-state index contributed by atoms with van der Waals surface area (Å²) in [6, 6.07) is 3.49. The van der Waals surface area contributed by atoms with Crippen molar-refractivity contribution in [1.82, 2.24) is 4.98 Å². The molecule has 0 aliphatic carbocycles. The number of aliphatic hydroxyl groups is 1. The van der Waals surface area contributed by atoms with Crippen LogP contribution in [-0.2, 0) is 4.74 Å². The molecule has 4 nitrogen and oxygen atoms in total. The van der Waals surface area contributed by atoms with Gasteiger partial charge in [-0.05, 0) is 24.5 Å². The van der Waals surface area contributed by atoms with Crippen molar-refractivity contribution >= 4 is 5.97 Å². The van der Waals surface area contributed by atoms with Crippen LogP contribution in [0.1, 0.15) is 28.2 Å². The highest BCUT2D eigenvalue weighted by molar-refractivity contribution is 5.88. The fraction of sp³-hybridized carbons (Fsp3) is 0.333. The zero-order valence-corrected chi connectivity index (χ0v) is 9.28. The fourth-order valence-electron chi connectivity index (χ4n) is 1.11. The minimum atomic E-state index is -0.469. The van der Waals surface area contributed by atoms with Crippen molar-refractivity contribution < 1.29 is 14.6 Å². The number of esters is 1. The standard InChI is InChI=1S/C12H13NO3/c1-9-6-7-10(5-3-4-8-14)13-11(9)12(15)16-2/h6-7,14H,4,8H2,1-2H3. The lowest BCUT2D eigenvalue weighted by molar-refractivity contribution is 0.0593. The van der Waals surface area contributed by atoms with E-state index < -0.39 is 5.97 Å². The van der Waals surface area contributed by atoms with Crippen molar-refractivity contribution in [2.24, 2.45) is 0 Å². The van der Waals surface area contributed by atoms with Crippen molar-refractivity contribution in [2.45, 2.75) is 13.3 Å². The quantitative estimate of drug-likeness (QED) is 0.593. The molecular weight excluding hydrogens is 206 g/mol. The molecule has 0 spiro atoms. The van der Waals surface area contributed by atoms with Crippen LogP contribution in [0.25, 0.3) is 0 Å². The van der Waals surface area contributed by atoms with E-state index >= 15 is 0 Å². The van der Waals surface area contributed by atoms with Gasteiger partial charge in [-0.15, -0.1) is 0 Å². The van der Waals surface area contributed by atoms with Gasteiger partial charge in [0.1, 0.15) is 5.69 Å². The molecule has 0 amide bonds. The first-order valence-electron chi connectivity index (χ1n) is 4.84. The molecule has 0 fully saturated rings. The predicted molar refractivity (Wildman–Crippen MR) is 58.9 cm³/mol. The van der Waals surface area contributed by atoms with E-state index in [0.29, 0.717) is 12.1 Å². The second kappa shape index (κ2) is 5.89. The molecule has 16 heavy (non-hydrogen) atoms. The summed E-state index contributed by atoms with van der Waals surface area (Å²) in [6.45, 7) is 1.80. The van der Waals surface area contributed by atoms with E-state index in [1.807, 2.05) is 0 Å². The molecule has 1 N–H and O–H groups in total. The van der Waals surface area contributed by atoms with E-state index in [4.69, 9.17) is 5.11 Å². The summed E-state index contributed by atoms with van der Waals surface area (Å²) in [5.41, 5.74) is 1.53. The Kier molecular flexibility index (Phi) is 4.49. The number of carbonyl (C=O) groups is 1. The first-order valence-corrected chi connectivity index (χ1v) is 4.84. The number of rotatable bonds is 2. The number of aromatic nitrogens is 1. The number of aliphatic hydroxyl groups excluding tert-OH is 1. The Morgan fingerprint density at radius 2 is 2.31 bits per heavy atom. The van der Waals surface area contributed by atoms with Gasteiger partial charge in [-0.1, -0.05) is 12.0 Å². The van der Waals surface area contributed by atoms with E-state index in [0.717, 1.165) is 5.56 Å². The number of carbonyl (C=O) groups excluding carboxylic acids is 1. The van der Waals surface area contributed by atoms with Gasteiger partial charge >= 0.3 is 5.97 Å². The molecule has 4 heteroatoms. The van der Waals surface area contributed by atoms with E-state index in [-0.39, 0.29) is 12.3 Å². The number of nitrogens with zero attached hydrogens (tertiary/aromatic N) is 1. The smallest absolute Gasteiger partial charge is 0.356 e. The van der Waals surface area contributed by atoms with E-state index in [2.05, 4.69) is 21.6 Å². The maximum Gasteiger partial charge on any atom is 0.356 e. The van der Waals surface area contributed by atoms with Gasteiger partial charge in [0.25, 0.3) is 0 Å². The molecule has 1 aromatic heterocycles. The second-order valence-corrected chi connectivity index (χ2v) is 3.13. The lowest BCUT2D eigenvalue weighted by Gasteiger charge is -2.02. The predicted octanol–water partition coefficient (Wildman–Crippen LogP) is 0.911. The summed E-state index contributed by atoms with van der Waals surface area (Å²) in [5.74, 6) is 5.03. The van der Waals surface area contributed by atoms with Gasteiger partial charge < -0.3 is 9.84 Å². The van der Waals surface area contributed by atoms with Crippen molar-refractivity contribution in [3.63, 3.8) is 0 Å². The molecule has 1 aromatic rings. The molecule has 0 aliphatic rings. The Hall–Kier alpha value is -1.86. The van der Waals surface area contributed by atoms with Crippen LogP contribution in [-0.4, -0.2) is 29.8 Å². The zero-order valence-electron chi connectivity index (χ0n) is 9.28. The Balaban J connectivity index is 2.99. The van der Waals surface area contributed by atoms with E-state index in [1.54, 1.807) is 19.1 Å². The summed E-state index contributed by atoms with van der Waals surface area (Å²) in [7, 11) is 1.31. The summed E-state index contributed by atoms with van der Waals surface area (Å²) < 4.78 is 4.61. The summed E-state index contributed by atoms with van der Waals surface area (Å²) >= 11 is 0. The first kappa shape index (κ1) is 12.2. The molecule has 0 bridgehead atoms. The Morgan fingerprint density at radius 1 is 1.56 bits per heavy atom. The summed E-state index contributed by atoms with van der Waals surface area (Å²) in [4.78, 5) is 15.4. The van der Waals surface area contributed by atoms with Gasteiger partial charge in [0.05, 0.1) is 13.7 Å². The highest BCUT2D eigenvalue weighted by Gasteiger charge is 2.10. The minimum Gasteiger partial charge on any atom is -0.464 e. The fourth-order valence-corrected chi connectivity index (χ4v) is 1.11. The second-order valence-electron chi connectivity index (χ2n) is 3.13. The van der Waals surface area contributed by atoms with Crippen LogP contribution in [0.4, 0.5) is 0 Å². The Bertz CT molecular complexity index is 443. The largest absolute Gasteiger partial charge is 0.464 e. The van der Waals surface area contributed by atoms with Gasteiger partial charge in [-0.2, -0.15) is 0 Å². The summed E-state index contributed by atoms with van der Waals surface area (Å²) in [6.07, 6.45) is 0.392. The molecule has 0 unspecified atom stereocenters. The van der Waals surface area contributed by atoms with Gasteiger partial charge in [0, 0.05) is 6.42 Å².